The lowest BCUT2D eigenvalue weighted by atomic mass is 10.0. The van der Waals surface area contributed by atoms with E-state index < -0.39 is 0 Å². The fourth-order valence-corrected chi connectivity index (χ4v) is 2.87. The first kappa shape index (κ1) is 18.6. The molecule has 0 saturated carbocycles. The van der Waals surface area contributed by atoms with Crippen LogP contribution in [0.5, 0.6) is 0 Å². The summed E-state index contributed by atoms with van der Waals surface area (Å²) in [5, 5.41) is 11.5. The van der Waals surface area contributed by atoms with Crippen LogP contribution in [0.25, 0.3) is 11.2 Å². The molecule has 2 heterocycles. The van der Waals surface area contributed by atoms with Crippen molar-refractivity contribution in [2.75, 3.05) is 5.73 Å². The van der Waals surface area contributed by atoms with Crippen LogP contribution < -0.4 is 11.1 Å². The van der Waals surface area contributed by atoms with Gasteiger partial charge >= 0.3 is 0 Å². The predicted molar refractivity (Wildman–Crippen MR) is 107 cm³/mol. The van der Waals surface area contributed by atoms with Gasteiger partial charge in [0.2, 0.25) is 0 Å². The van der Waals surface area contributed by atoms with E-state index in [-0.39, 0.29) is 17.2 Å². The zero-order valence-electron chi connectivity index (χ0n) is 16.0. The Morgan fingerprint density at radius 3 is 2.70 bits per heavy atom. The summed E-state index contributed by atoms with van der Waals surface area (Å²) in [4.78, 5) is 24.4. The van der Waals surface area contributed by atoms with E-state index in [9.17, 15) is 4.79 Å². The summed E-state index contributed by atoms with van der Waals surface area (Å²) in [5.74, 6) is -0.237. The van der Waals surface area contributed by atoms with Gasteiger partial charge in [0.25, 0.3) is 5.91 Å². The van der Waals surface area contributed by atoms with Crippen molar-refractivity contribution in [1.29, 1.82) is 5.41 Å². The Morgan fingerprint density at radius 1 is 1.30 bits per heavy atom. The number of aryl methyl sites for hydroxylation is 1. The summed E-state index contributed by atoms with van der Waals surface area (Å²) in [6, 6.07) is 5.62. The van der Waals surface area contributed by atoms with E-state index in [0.29, 0.717) is 33.7 Å². The van der Waals surface area contributed by atoms with E-state index in [1.807, 2.05) is 39.8 Å². The van der Waals surface area contributed by atoms with E-state index in [2.05, 4.69) is 20.3 Å². The molecule has 1 aromatic carbocycles. The second kappa shape index (κ2) is 6.83. The second-order valence-electron chi connectivity index (χ2n) is 7.47. The van der Waals surface area contributed by atoms with Crippen molar-refractivity contribution in [3.8, 4) is 0 Å². The quantitative estimate of drug-likeness (QED) is 0.420. The lowest BCUT2D eigenvalue weighted by molar-refractivity contribution is 0.0921. The van der Waals surface area contributed by atoms with Crippen molar-refractivity contribution in [3.05, 3.63) is 53.0 Å². The average molecular weight is 364 g/mol. The van der Waals surface area contributed by atoms with Crippen molar-refractivity contribution >= 4 is 28.5 Å². The molecule has 3 rings (SSSR count). The molecule has 0 radical (unpaired) electrons. The van der Waals surface area contributed by atoms with Gasteiger partial charge in [-0.05, 0) is 32.8 Å². The minimum Gasteiger partial charge on any atom is -0.398 e. The number of hydrogen-bond donors (Lipinski definition) is 4. The molecule has 0 spiro atoms. The maximum absolute atomic E-state index is 12.6. The Hall–Kier alpha value is -3.22. The number of amides is 1. The summed E-state index contributed by atoms with van der Waals surface area (Å²) in [6.07, 6.45) is 3.89. The van der Waals surface area contributed by atoms with Crippen LogP contribution in [-0.2, 0) is 6.42 Å². The smallest absolute Gasteiger partial charge is 0.255 e. The van der Waals surface area contributed by atoms with E-state index in [1.165, 1.54) is 6.20 Å². The number of carbonyl (C=O) groups excluding carboxylic acids is 1. The van der Waals surface area contributed by atoms with Crippen molar-refractivity contribution in [1.82, 2.24) is 20.3 Å². The molecule has 0 atom stereocenters. The maximum atomic E-state index is 12.6. The van der Waals surface area contributed by atoms with Crippen LogP contribution in [0.15, 0.2) is 30.6 Å². The molecule has 0 aliphatic rings. The van der Waals surface area contributed by atoms with E-state index >= 15 is 0 Å². The largest absolute Gasteiger partial charge is 0.398 e. The average Bonchev–Trinajstić information content (AvgIpc) is 3.03. The Labute approximate surface area is 157 Å². The maximum Gasteiger partial charge on any atom is 0.255 e. The van der Waals surface area contributed by atoms with Gasteiger partial charge in [-0.15, -0.1) is 0 Å². The van der Waals surface area contributed by atoms with E-state index in [4.69, 9.17) is 11.1 Å². The van der Waals surface area contributed by atoms with Gasteiger partial charge < -0.3 is 16.0 Å². The lowest BCUT2D eigenvalue weighted by Gasteiger charge is -2.20. The highest BCUT2D eigenvalue weighted by molar-refractivity contribution is 6.14. The number of carbonyl (C=O) groups is 1. The molecule has 7 heteroatoms. The van der Waals surface area contributed by atoms with Crippen LogP contribution in [0.1, 0.15) is 54.9 Å². The SMILES string of the molecule is CCc1cccc(C(=N)c2cnc3[nH]cc(C(=O)NC(C)(C)C)c3n2)c1N. The lowest BCUT2D eigenvalue weighted by Crippen LogP contribution is -2.40. The molecule has 2 aromatic heterocycles. The number of aromatic amines is 1. The highest BCUT2D eigenvalue weighted by atomic mass is 16.1. The van der Waals surface area contributed by atoms with Gasteiger partial charge in [-0.1, -0.05) is 25.1 Å². The zero-order valence-corrected chi connectivity index (χ0v) is 16.0. The Bertz CT molecular complexity index is 1030. The van der Waals surface area contributed by atoms with Gasteiger partial charge in [-0.25, -0.2) is 9.97 Å². The molecule has 0 aliphatic heterocycles. The van der Waals surface area contributed by atoms with Gasteiger partial charge in [0.1, 0.15) is 11.2 Å². The molecule has 140 valence electrons. The molecule has 1 amide bonds. The van der Waals surface area contributed by atoms with E-state index in [0.717, 1.165) is 12.0 Å². The summed E-state index contributed by atoms with van der Waals surface area (Å²) in [6.45, 7) is 7.76. The van der Waals surface area contributed by atoms with Crippen LogP contribution in [0, 0.1) is 5.41 Å². The highest BCUT2D eigenvalue weighted by Gasteiger charge is 2.21. The van der Waals surface area contributed by atoms with Gasteiger partial charge in [0.15, 0.2) is 5.65 Å². The highest BCUT2D eigenvalue weighted by Crippen LogP contribution is 2.22. The number of fused-ring (bicyclic) bond motifs is 1. The van der Waals surface area contributed by atoms with Crippen molar-refractivity contribution < 1.29 is 4.79 Å². The number of nitrogen functional groups attached to an aromatic ring is 1. The molecule has 0 aliphatic carbocycles. The number of para-hydroxylation sites is 1. The summed E-state index contributed by atoms with van der Waals surface area (Å²) in [5.41, 5.74) is 9.90. The predicted octanol–water partition coefficient (Wildman–Crippen LogP) is 3.05. The number of benzene rings is 1. The topological polar surface area (TPSA) is 121 Å². The third-order valence-corrected chi connectivity index (χ3v) is 4.22. The molecule has 3 aromatic rings. The van der Waals surface area contributed by atoms with Crippen LogP contribution in [0.4, 0.5) is 5.69 Å². The first-order chi connectivity index (χ1) is 12.7. The molecule has 0 bridgehead atoms. The number of nitrogens with zero attached hydrogens (tertiary/aromatic N) is 2. The Balaban J connectivity index is 2.03. The number of H-pyrrole nitrogens is 1. The monoisotopic (exact) mass is 364 g/mol. The molecule has 7 nitrogen and oxygen atoms in total. The van der Waals surface area contributed by atoms with Gasteiger partial charge in [0.05, 0.1) is 17.5 Å². The van der Waals surface area contributed by atoms with Crippen LogP contribution in [-0.4, -0.2) is 32.1 Å². The molecule has 0 unspecified atom stereocenters. The number of hydrogen-bond acceptors (Lipinski definition) is 5. The van der Waals surface area contributed by atoms with Crippen molar-refractivity contribution in [2.45, 2.75) is 39.7 Å². The molecular weight excluding hydrogens is 340 g/mol. The third-order valence-electron chi connectivity index (χ3n) is 4.22. The summed E-state index contributed by atoms with van der Waals surface area (Å²) >= 11 is 0. The third kappa shape index (κ3) is 3.67. The number of anilines is 1. The van der Waals surface area contributed by atoms with Crippen molar-refractivity contribution in [3.63, 3.8) is 0 Å². The standard InChI is InChI=1S/C20H24N6O/c1-5-11-7-6-8-12(15(11)21)16(22)14-10-24-18-17(25-14)13(9-23-18)19(27)26-20(2,3)4/h6-10,22H,5,21H2,1-4H3,(H,23,24)(H,26,27). The molecule has 0 saturated heterocycles. The number of nitrogens with one attached hydrogen (secondary N) is 3. The number of aromatic nitrogens is 3. The molecule has 0 fully saturated rings. The van der Waals surface area contributed by atoms with Gasteiger partial charge in [-0.2, -0.15) is 0 Å². The normalized spacial score (nSPS) is 11.6. The molecule has 27 heavy (non-hydrogen) atoms. The van der Waals surface area contributed by atoms with Gasteiger partial charge in [-0.3, -0.25) is 10.2 Å². The Kier molecular flexibility index (Phi) is 4.70. The molecule has 5 N–H and O–H groups in total. The van der Waals surface area contributed by atoms with Crippen LogP contribution >= 0.6 is 0 Å². The fourth-order valence-electron chi connectivity index (χ4n) is 2.87. The van der Waals surface area contributed by atoms with Crippen LogP contribution in [0.3, 0.4) is 0 Å². The first-order valence-electron chi connectivity index (χ1n) is 8.84. The minimum atomic E-state index is -0.368. The van der Waals surface area contributed by atoms with Gasteiger partial charge in [0, 0.05) is 23.0 Å². The zero-order chi connectivity index (χ0) is 19.8. The number of rotatable bonds is 4. The number of nitrogens with two attached hydrogens (primary N) is 1. The fraction of sp³-hybridized carbons (Fsp3) is 0.300. The van der Waals surface area contributed by atoms with Crippen LogP contribution in [0.2, 0.25) is 0 Å². The van der Waals surface area contributed by atoms with E-state index in [1.54, 1.807) is 12.3 Å². The summed E-state index contributed by atoms with van der Waals surface area (Å²) < 4.78 is 0. The first-order valence-corrected chi connectivity index (χ1v) is 8.84. The summed E-state index contributed by atoms with van der Waals surface area (Å²) in [7, 11) is 0. The Morgan fingerprint density at radius 2 is 2.04 bits per heavy atom. The minimum absolute atomic E-state index is 0.181. The van der Waals surface area contributed by atoms with Crippen molar-refractivity contribution in [2.24, 2.45) is 0 Å². The molecular formula is C20H24N6O. The second-order valence-corrected chi connectivity index (χ2v) is 7.47.